The molecule has 0 aromatic heterocycles. The number of fused-ring (bicyclic) bond motifs is 3. The largest absolute Gasteiger partial charge is 0.0614 e. The summed E-state index contributed by atoms with van der Waals surface area (Å²) in [5, 5.41) is 5.63. The van der Waals surface area contributed by atoms with Crippen molar-refractivity contribution >= 4 is 21.5 Å². The van der Waals surface area contributed by atoms with Crippen molar-refractivity contribution in [3.63, 3.8) is 0 Å². The minimum atomic E-state index is 1.09. The summed E-state index contributed by atoms with van der Waals surface area (Å²) in [7, 11) is 0. The molecule has 0 saturated carbocycles. The van der Waals surface area contributed by atoms with Gasteiger partial charge in [0, 0.05) is 0 Å². The first-order chi connectivity index (χ1) is 8.85. The van der Waals surface area contributed by atoms with E-state index in [0.29, 0.717) is 0 Å². The molecule has 3 rings (SSSR count). The van der Waals surface area contributed by atoms with E-state index in [-0.39, 0.29) is 0 Å². The quantitative estimate of drug-likeness (QED) is 0.540. The first-order valence-electron chi connectivity index (χ1n) is 6.77. The third-order valence-electron chi connectivity index (χ3n) is 3.82. The molecule has 0 aliphatic rings. The highest BCUT2D eigenvalue weighted by molar-refractivity contribution is 6.10. The molecule has 0 nitrogen and oxygen atoms in total. The number of rotatable bonds is 2. The lowest BCUT2D eigenvalue weighted by Crippen LogP contribution is -1.89. The highest BCUT2D eigenvalue weighted by Crippen LogP contribution is 2.31. The van der Waals surface area contributed by atoms with Crippen molar-refractivity contribution in [3.8, 4) is 0 Å². The Labute approximate surface area is 108 Å². The van der Waals surface area contributed by atoms with Crippen LogP contribution in [-0.4, -0.2) is 0 Å². The second-order valence-electron chi connectivity index (χ2n) is 4.80. The maximum Gasteiger partial charge on any atom is -0.00706 e. The Kier molecular flexibility index (Phi) is 2.79. The van der Waals surface area contributed by atoms with Crippen molar-refractivity contribution in [1.29, 1.82) is 0 Å². The summed E-state index contributed by atoms with van der Waals surface area (Å²) in [6.07, 6.45) is 2.18. The van der Waals surface area contributed by atoms with Crippen LogP contribution in [0.4, 0.5) is 0 Å². The summed E-state index contributed by atoms with van der Waals surface area (Å²) in [5.41, 5.74) is 2.91. The number of aryl methyl sites for hydroxylation is 2. The van der Waals surface area contributed by atoms with Crippen LogP contribution in [0, 0.1) is 0 Å². The fourth-order valence-corrected chi connectivity index (χ4v) is 2.90. The lowest BCUT2D eigenvalue weighted by atomic mass is 9.93. The number of hydrogen-bond acceptors (Lipinski definition) is 0. The average molecular weight is 234 g/mol. The predicted octanol–water partition coefficient (Wildman–Crippen LogP) is 5.12. The summed E-state index contributed by atoms with van der Waals surface area (Å²) in [5.74, 6) is 0. The van der Waals surface area contributed by atoms with Gasteiger partial charge in [-0.2, -0.15) is 0 Å². The van der Waals surface area contributed by atoms with Crippen LogP contribution in [0.2, 0.25) is 0 Å². The lowest BCUT2D eigenvalue weighted by Gasteiger charge is -2.11. The van der Waals surface area contributed by atoms with E-state index >= 15 is 0 Å². The van der Waals surface area contributed by atoms with E-state index < -0.39 is 0 Å². The summed E-state index contributed by atoms with van der Waals surface area (Å²) >= 11 is 0. The molecular formula is C18H18. The standard InChI is InChI=1S/C18H18/c1-3-13-7-5-9-15-11-12-16-10-6-8-14(4-2)18(16)17(13)15/h5-12H,3-4H2,1-2H3. The Morgan fingerprint density at radius 3 is 1.44 bits per heavy atom. The second-order valence-corrected chi connectivity index (χ2v) is 4.80. The average Bonchev–Trinajstić information content (AvgIpc) is 2.45. The van der Waals surface area contributed by atoms with Crippen LogP contribution < -0.4 is 0 Å². The van der Waals surface area contributed by atoms with Crippen LogP contribution >= 0.6 is 0 Å². The molecule has 0 aliphatic carbocycles. The molecule has 90 valence electrons. The lowest BCUT2D eigenvalue weighted by molar-refractivity contribution is 1.15. The van der Waals surface area contributed by atoms with Crippen LogP contribution in [0.3, 0.4) is 0 Å². The molecule has 0 fully saturated rings. The van der Waals surface area contributed by atoms with Gasteiger partial charge in [0.1, 0.15) is 0 Å². The van der Waals surface area contributed by atoms with Gasteiger partial charge in [0.05, 0.1) is 0 Å². The Bertz CT molecular complexity index is 645. The SMILES string of the molecule is CCc1cccc2ccc3cccc(CC)c3c12. The van der Waals surface area contributed by atoms with Crippen LogP contribution in [0.15, 0.2) is 48.5 Å². The molecular weight excluding hydrogens is 216 g/mol. The minimum Gasteiger partial charge on any atom is -0.0614 e. The molecule has 0 heteroatoms. The monoisotopic (exact) mass is 234 g/mol. The van der Waals surface area contributed by atoms with Gasteiger partial charge < -0.3 is 0 Å². The first kappa shape index (κ1) is 11.3. The Morgan fingerprint density at radius 1 is 0.611 bits per heavy atom. The van der Waals surface area contributed by atoms with Gasteiger partial charge in [0.2, 0.25) is 0 Å². The topological polar surface area (TPSA) is 0 Å². The van der Waals surface area contributed by atoms with Crippen molar-refractivity contribution in [1.82, 2.24) is 0 Å². The van der Waals surface area contributed by atoms with Crippen LogP contribution in [0.1, 0.15) is 25.0 Å². The normalized spacial score (nSPS) is 11.2. The predicted molar refractivity (Wildman–Crippen MR) is 80.2 cm³/mol. The molecule has 0 unspecified atom stereocenters. The summed E-state index contributed by atoms with van der Waals surface area (Å²) < 4.78 is 0. The van der Waals surface area contributed by atoms with Crippen molar-refractivity contribution in [2.75, 3.05) is 0 Å². The molecule has 0 bridgehead atoms. The Morgan fingerprint density at radius 2 is 1.06 bits per heavy atom. The molecule has 3 aromatic rings. The van der Waals surface area contributed by atoms with Gasteiger partial charge in [-0.25, -0.2) is 0 Å². The van der Waals surface area contributed by atoms with E-state index in [1.54, 1.807) is 0 Å². The van der Waals surface area contributed by atoms with E-state index in [2.05, 4.69) is 62.4 Å². The third-order valence-corrected chi connectivity index (χ3v) is 3.82. The van der Waals surface area contributed by atoms with E-state index in [9.17, 15) is 0 Å². The van der Waals surface area contributed by atoms with Gasteiger partial charge in [-0.3, -0.25) is 0 Å². The van der Waals surface area contributed by atoms with Crippen molar-refractivity contribution < 1.29 is 0 Å². The maximum absolute atomic E-state index is 2.26. The zero-order valence-electron chi connectivity index (χ0n) is 11.0. The molecule has 18 heavy (non-hydrogen) atoms. The summed E-state index contributed by atoms with van der Waals surface area (Å²) in [6, 6.07) is 17.8. The molecule has 0 N–H and O–H groups in total. The van der Waals surface area contributed by atoms with Crippen LogP contribution in [-0.2, 0) is 12.8 Å². The molecule has 0 atom stereocenters. The third kappa shape index (κ3) is 1.60. The van der Waals surface area contributed by atoms with E-state index in [4.69, 9.17) is 0 Å². The first-order valence-corrected chi connectivity index (χ1v) is 6.77. The molecule has 0 amide bonds. The zero-order valence-corrected chi connectivity index (χ0v) is 11.0. The number of benzene rings is 3. The second kappa shape index (κ2) is 4.45. The Hall–Kier alpha value is -1.82. The molecule has 0 aliphatic heterocycles. The van der Waals surface area contributed by atoms with Gasteiger partial charge >= 0.3 is 0 Å². The highest BCUT2D eigenvalue weighted by Gasteiger charge is 2.07. The van der Waals surface area contributed by atoms with E-state index in [1.165, 1.54) is 32.7 Å². The van der Waals surface area contributed by atoms with Gasteiger partial charge in [-0.05, 0) is 45.5 Å². The van der Waals surface area contributed by atoms with Crippen LogP contribution in [0.25, 0.3) is 21.5 Å². The molecule has 3 aromatic carbocycles. The van der Waals surface area contributed by atoms with Crippen molar-refractivity contribution in [3.05, 3.63) is 59.7 Å². The molecule has 0 heterocycles. The van der Waals surface area contributed by atoms with Gasteiger partial charge in [0.25, 0.3) is 0 Å². The fraction of sp³-hybridized carbons (Fsp3) is 0.222. The molecule has 0 spiro atoms. The van der Waals surface area contributed by atoms with Gasteiger partial charge in [-0.1, -0.05) is 62.4 Å². The zero-order chi connectivity index (χ0) is 12.5. The number of hydrogen-bond donors (Lipinski definition) is 0. The minimum absolute atomic E-state index is 1.09. The summed E-state index contributed by atoms with van der Waals surface area (Å²) in [4.78, 5) is 0. The molecule has 0 saturated heterocycles. The highest BCUT2D eigenvalue weighted by atomic mass is 14.1. The van der Waals surface area contributed by atoms with Crippen LogP contribution in [0.5, 0.6) is 0 Å². The molecule has 0 radical (unpaired) electrons. The van der Waals surface area contributed by atoms with Crippen molar-refractivity contribution in [2.45, 2.75) is 26.7 Å². The van der Waals surface area contributed by atoms with Gasteiger partial charge in [-0.15, -0.1) is 0 Å². The van der Waals surface area contributed by atoms with E-state index in [1.807, 2.05) is 0 Å². The van der Waals surface area contributed by atoms with Gasteiger partial charge in [0.15, 0.2) is 0 Å². The summed E-state index contributed by atoms with van der Waals surface area (Å²) in [6.45, 7) is 4.48. The fourth-order valence-electron chi connectivity index (χ4n) is 2.90. The Balaban J connectivity index is 2.57. The smallest absolute Gasteiger partial charge is 0.00706 e. The van der Waals surface area contributed by atoms with E-state index in [0.717, 1.165) is 12.8 Å². The van der Waals surface area contributed by atoms with Crippen molar-refractivity contribution in [2.24, 2.45) is 0 Å². The maximum atomic E-state index is 2.26.